The van der Waals surface area contributed by atoms with E-state index in [9.17, 15) is 9.59 Å². The van der Waals surface area contributed by atoms with Gasteiger partial charge in [0.2, 0.25) is 17.8 Å². The molecule has 0 aromatic carbocycles. The minimum absolute atomic E-state index is 0.0286. The summed E-state index contributed by atoms with van der Waals surface area (Å²) in [6, 6.07) is 1.72. The van der Waals surface area contributed by atoms with E-state index >= 15 is 0 Å². The molecular formula is C18H25N5O2. The van der Waals surface area contributed by atoms with Gasteiger partial charge >= 0.3 is 0 Å². The second kappa shape index (κ2) is 6.98. The Labute approximate surface area is 147 Å². The smallest absolute Gasteiger partial charge is 0.243 e. The van der Waals surface area contributed by atoms with Crippen molar-refractivity contribution in [2.45, 2.75) is 50.6 Å². The summed E-state index contributed by atoms with van der Waals surface area (Å²) in [6.07, 6.45) is 8.97. The summed E-state index contributed by atoms with van der Waals surface area (Å²) in [4.78, 5) is 37.6. The SMILES string of the molecule is O=C(NC1CCN(c2ncccn2)CC1)C1CCCN1C(=O)C1CC1. The number of nitrogens with zero attached hydrogens (tertiary/aromatic N) is 4. The van der Waals surface area contributed by atoms with E-state index in [0.717, 1.165) is 64.1 Å². The van der Waals surface area contributed by atoms with Gasteiger partial charge in [-0.15, -0.1) is 0 Å². The van der Waals surface area contributed by atoms with E-state index in [0.29, 0.717) is 0 Å². The average molecular weight is 343 g/mol. The third-order valence-electron chi connectivity index (χ3n) is 5.44. The molecule has 1 unspecified atom stereocenters. The van der Waals surface area contributed by atoms with Gasteiger partial charge in [-0.2, -0.15) is 0 Å². The molecular weight excluding hydrogens is 318 g/mol. The largest absolute Gasteiger partial charge is 0.351 e. The third-order valence-corrected chi connectivity index (χ3v) is 5.44. The zero-order valence-electron chi connectivity index (χ0n) is 14.4. The number of piperidine rings is 1. The van der Waals surface area contributed by atoms with Crippen molar-refractivity contribution in [3.05, 3.63) is 18.5 Å². The van der Waals surface area contributed by atoms with Crippen molar-refractivity contribution in [2.75, 3.05) is 24.5 Å². The highest BCUT2D eigenvalue weighted by Gasteiger charge is 2.41. The number of hydrogen-bond donors (Lipinski definition) is 1. The summed E-state index contributed by atoms with van der Waals surface area (Å²) in [6.45, 7) is 2.41. The number of carbonyl (C=O) groups excluding carboxylic acids is 2. The van der Waals surface area contributed by atoms with E-state index in [-0.39, 0.29) is 29.8 Å². The molecule has 2 aliphatic heterocycles. The van der Waals surface area contributed by atoms with E-state index in [1.54, 1.807) is 12.4 Å². The Morgan fingerprint density at radius 1 is 1.00 bits per heavy atom. The van der Waals surface area contributed by atoms with Crippen molar-refractivity contribution in [1.29, 1.82) is 0 Å². The molecule has 1 N–H and O–H groups in total. The topological polar surface area (TPSA) is 78.4 Å². The molecule has 3 aliphatic rings. The van der Waals surface area contributed by atoms with Crippen LogP contribution in [0.15, 0.2) is 18.5 Å². The van der Waals surface area contributed by atoms with Gasteiger partial charge in [0.15, 0.2) is 0 Å². The Hall–Kier alpha value is -2.18. The number of hydrogen-bond acceptors (Lipinski definition) is 5. The molecule has 7 nitrogen and oxygen atoms in total. The van der Waals surface area contributed by atoms with Gasteiger partial charge in [-0.25, -0.2) is 9.97 Å². The highest BCUT2D eigenvalue weighted by molar-refractivity contribution is 5.90. The van der Waals surface area contributed by atoms with Crippen molar-refractivity contribution in [2.24, 2.45) is 5.92 Å². The Morgan fingerprint density at radius 3 is 2.40 bits per heavy atom. The zero-order chi connectivity index (χ0) is 17.2. The lowest BCUT2D eigenvalue weighted by molar-refractivity contribution is -0.139. The van der Waals surface area contributed by atoms with Crippen molar-refractivity contribution < 1.29 is 9.59 Å². The number of likely N-dealkylation sites (tertiary alicyclic amines) is 1. The Kier molecular flexibility index (Phi) is 4.55. The molecule has 0 bridgehead atoms. The van der Waals surface area contributed by atoms with Crippen molar-refractivity contribution in [3.63, 3.8) is 0 Å². The molecule has 1 aromatic rings. The number of carbonyl (C=O) groups is 2. The molecule has 3 heterocycles. The summed E-state index contributed by atoms with van der Waals surface area (Å²) in [5.74, 6) is 1.15. The summed E-state index contributed by atoms with van der Waals surface area (Å²) in [5.41, 5.74) is 0. The van der Waals surface area contributed by atoms with Crippen LogP contribution in [-0.2, 0) is 9.59 Å². The first-order valence-electron chi connectivity index (χ1n) is 9.35. The minimum atomic E-state index is -0.261. The Balaban J connectivity index is 1.29. The summed E-state index contributed by atoms with van der Waals surface area (Å²) in [7, 11) is 0. The number of nitrogens with one attached hydrogen (secondary N) is 1. The van der Waals surface area contributed by atoms with Gasteiger partial charge < -0.3 is 15.1 Å². The highest BCUT2D eigenvalue weighted by atomic mass is 16.2. The van der Waals surface area contributed by atoms with Gasteiger partial charge in [0.05, 0.1) is 0 Å². The molecule has 1 aromatic heterocycles. The summed E-state index contributed by atoms with van der Waals surface area (Å²) >= 11 is 0. The van der Waals surface area contributed by atoms with Crippen LogP contribution < -0.4 is 10.2 Å². The second-order valence-electron chi connectivity index (χ2n) is 7.28. The van der Waals surface area contributed by atoms with Gasteiger partial charge in [-0.1, -0.05) is 0 Å². The van der Waals surface area contributed by atoms with Crippen LogP contribution in [0.1, 0.15) is 38.5 Å². The Bertz CT molecular complexity index is 626. The van der Waals surface area contributed by atoms with Crippen molar-refractivity contribution in [1.82, 2.24) is 20.2 Å². The first-order valence-corrected chi connectivity index (χ1v) is 9.35. The lowest BCUT2D eigenvalue weighted by Gasteiger charge is -2.33. The number of amides is 2. The van der Waals surface area contributed by atoms with Crippen molar-refractivity contribution in [3.8, 4) is 0 Å². The van der Waals surface area contributed by atoms with Crippen LogP contribution >= 0.6 is 0 Å². The lowest BCUT2D eigenvalue weighted by Crippen LogP contribution is -2.52. The predicted molar refractivity (Wildman–Crippen MR) is 92.9 cm³/mol. The first kappa shape index (κ1) is 16.3. The van der Waals surface area contributed by atoms with Crippen LogP contribution in [0, 0.1) is 5.92 Å². The number of rotatable bonds is 4. The van der Waals surface area contributed by atoms with Crippen LogP contribution in [0.5, 0.6) is 0 Å². The minimum Gasteiger partial charge on any atom is -0.351 e. The van der Waals surface area contributed by atoms with E-state index < -0.39 is 0 Å². The first-order chi connectivity index (χ1) is 12.2. The molecule has 7 heteroatoms. The molecule has 1 saturated carbocycles. The molecule has 0 radical (unpaired) electrons. The van der Waals surface area contributed by atoms with Crippen LogP contribution in [0.4, 0.5) is 5.95 Å². The van der Waals surface area contributed by atoms with Crippen LogP contribution in [0.2, 0.25) is 0 Å². The average Bonchev–Trinajstić information content (AvgIpc) is 3.38. The zero-order valence-corrected chi connectivity index (χ0v) is 14.4. The van der Waals surface area contributed by atoms with Gasteiger partial charge in [-0.05, 0) is 44.6 Å². The molecule has 1 atom stereocenters. The third kappa shape index (κ3) is 3.60. The van der Waals surface area contributed by atoms with E-state index in [4.69, 9.17) is 0 Å². The quantitative estimate of drug-likeness (QED) is 0.881. The highest BCUT2D eigenvalue weighted by Crippen LogP contribution is 2.33. The molecule has 2 amide bonds. The number of anilines is 1. The van der Waals surface area contributed by atoms with E-state index in [1.807, 2.05) is 11.0 Å². The van der Waals surface area contributed by atoms with E-state index in [2.05, 4.69) is 20.2 Å². The summed E-state index contributed by atoms with van der Waals surface area (Å²) < 4.78 is 0. The molecule has 25 heavy (non-hydrogen) atoms. The maximum atomic E-state index is 12.7. The number of aromatic nitrogens is 2. The van der Waals surface area contributed by atoms with Gasteiger partial charge in [-0.3, -0.25) is 9.59 Å². The standard InChI is InChI=1S/C18H25N5O2/c24-16(15-3-1-10-23(15)17(25)13-4-5-13)21-14-6-11-22(12-7-14)18-19-8-2-9-20-18/h2,8-9,13-15H,1,3-7,10-12H2,(H,21,24). The van der Waals surface area contributed by atoms with Gasteiger partial charge in [0.1, 0.15) is 6.04 Å². The molecule has 3 fully saturated rings. The molecule has 134 valence electrons. The van der Waals surface area contributed by atoms with Gasteiger partial charge in [0, 0.05) is 44.0 Å². The molecule has 4 rings (SSSR count). The van der Waals surface area contributed by atoms with E-state index in [1.165, 1.54) is 0 Å². The fraction of sp³-hybridized carbons (Fsp3) is 0.667. The fourth-order valence-corrected chi connectivity index (χ4v) is 3.84. The predicted octanol–water partition coefficient (Wildman–Crippen LogP) is 0.963. The van der Waals surface area contributed by atoms with Gasteiger partial charge in [0.25, 0.3) is 0 Å². The van der Waals surface area contributed by atoms with Crippen LogP contribution in [0.3, 0.4) is 0 Å². The maximum absolute atomic E-state index is 12.7. The molecule has 1 aliphatic carbocycles. The van der Waals surface area contributed by atoms with Crippen LogP contribution in [-0.4, -0.2) is 58.4 Å². The molecule has 0 spiro atoms. The van der Waals surface area contributed by atoms with Crippen molar-refractivity contribution >= 4 is 17.8 Å². The second-order valence-corrected chi connectivity index (χ2v) is 7.28. The molecule has 2 saturated heterocycles. The summed E-state index contributed by atoms with van der Waals surface area (Å²) in [5, 5.41) is 3.18. The van der Waals surface area contributed by atoms with Crippen LogP contribution in [0.25, 0.3) is 0 Å². The Morgan fingerprint density at radius 2 is 1.72 bits per heavy atom. The lowest BCUT2D eigenvalue weighted by atomic mass is 10.0. The monoisotopic (exact) mass is 343 g/mol. The maximum Gasteiger partial charge on any atom is 0.243 e. The fourth-order valence-electron chi connectivity index (χ4n) is 3.84. The normalized spacial score (nSPS) is 24.4.